The van der Waals surface area contributed by atoms with Gasteiger partial charge in [0.25, 0.3) is 0 Å². The van der Waals surface area contributed by atoms with Crippen LogP contribution in [0.4, 0.5) is 0 Å². The first kappa shape index (κ1) is 19.5. The van der Waals surface area contributed by atoms with Crippen molar-refractivity contribution in [3.63, 3.8) is 0 Å². The second kappa shape index (κ2) is 7.34. The molecule has 0 atom stereocenters. The van der Waals surface area contributed by atoms with E-state index >= 15 is 0 Å². The molecular formula is C34H22N2. The number of hydrogen-bond donors (Lipinski definition) is 0. The topological polar surface area (TPSA) is 9.86 Å². The third kappa shape index (κ3) is 2.61. The zero-order valence-electron chi connectivity index (χ0n) is 19.6. The lowest BCUT2D eigenvalue weighted by molar-refractivity contribution is 1.17. The van der Waals surface area contributed by atoms with Gasteiger partial charge in [-0.05, 0) is 47.9 Å². The molecule has 0 spiro atoms. The summed E-state index contributed by atoms with van der Waals surface area (Å²) in [6.07, 6.45) is 0. The van der Waals surface area contributed by atoms with Crippen LogP contribution in [-0.4, -0.2) is 9.13 Å². The van der Waals surface area contributed by atoms with Crippen LogP contribution in [0.1, 0.15) is 0 Å². The molecule has 6 aromatic carbocycles. The highest BCUT2D eigenvalue weighted by Crippen LogP contribution is 2.41. The van der Waals surface area contributed by atoms with Gasteiger partial charge < -0.3 is 9.13 Å². The zero-order chi connectivity index (χ0) is 23.6. The zero-order valence-corrected chi connectivity index (χ0v) is 19.6. The Kier molecular flexibility index (Phi) is 3.97. The Morgan fingerprint density at radius 1 is 0.333 bits per heavy atom. The molecule has 0 aliphatic heterocycles. The van der Waals surface area contributed by atoms with Gasteiger partial charge in [0.2, 0.25) is 0 Å². The Bertz CT molecular complexity index is 2080. The Labute approximate surface area is 208 Å². The van der Waals surface area contributed by atoms with E-state index in [1.807, 2.05) is 0 Å². The van der Waals surface area contributed by atoms with E-state index in [2.05, 4.69) is 143 Å². The predicted molar refractivity (Wildman–Crippen MR) is 153 cm³/mol. The lowest BCUT2D eigenvalue weighted by Gasteiger charge is -2.11. The quantitative estimate of drug-likeness (QED) is 0.244. The summed E-state index contributed by atoms with van der Waals surface area (Å²) in [5, 5.41) is 7.65. The fourth-order valence-corrected chi connectivity index (χ4v) is 5.94. The summed E-state index contributed by atoms with van der Waals surface area (Å²) in [5.41, 5.74) is 7.29. The van der Waals surface area contributed by atoms with E-state index in [1.165, 1.54) is 65.8 Å². The molecule has 2 nitrogen and oxygen atoms in total. The van der Waals surface area contributed by atoms with Crippen LogP contribution in [0.3, 0.4) is 0 Å². The number of benzene rings is 6. The minimum atomic E-state index is 1.18. The van der Waals surface area contributed by atoms with Crippen molar-refractivity contribution in [2.75, 3.05) is 0 Å². The van der Waals surface area contributed by atoms with E-state index in [-0.39, 0.29) is 0 Å². The monoisotopic (exact) mass is 458 g/mol. The summed E-state index contributed by atoms with van der Waals surface area (Å²) >= 11 is 0. The van der Waals surface area contributed by atoms with Crippen LogP contribution in [-0.2, 0) is 0 Å². The number of hydrogen-bond acceptors (Lipinski definition) is 0. The number of nitrogens with zero attached hydrogens (tertiary/aromatic N) is 2. The van der Waals surface area contributed by atoms with Crippen molar-refractivity contribution < 1.29 is 0 Å². The van der Waals surface area contributed by atoms with Crippen LogP contribution in [0.2, 0.25) is 0 Å². The molecule has 2 heteroatoms. The van der Waals surface area contributed by atoms with Gasteiger partial charge in [-0.25, -0.2) is 0 Å². The van der Waals surface area contributed by atoms with Gasteiger partial charge >= 0.3 is 0 Å². The number of fused-ring (bicyclic) bond motifs is 8. The smallest absolute Gasteiger partial charge is 0.0619 e. The van der Waals surface area contributed by atoms with E-state index in [4.69, 9.17) is 0 Å². The molecule has 0 bridgehead atoms. The third-order valence-electron chi connectivity index (χ3n) is 7.47. The second-order valence-electron chi connectivity index (χ2n) is 9.43. The summed E-state index contributed by atoms with van der Waals surface area (Å²) in [7, 11) is 0. The lowest BCUT2D eigenvalue weighted by Crippen LogP contribution is -1.96. The van der Waals surface area contributed by atoms with Gasteiger partial charge in [0.1, 0.15) is 0 Å². The van der Waals surface area contributed by atoms with Crippen LogP contribution < -0.4 is 0 Å². The Morgan fingerprint density at radius 2 is 0.917 bits per heavy atom. The molecule has 36 heavy (non-hydrogen) atoms. The van der Waals surface area contributed by atoms with Crippen LogP contribution in [0, 0.1) is 0 Å². The molecule has 168 valence electrons. The summed E-state index contributed by atoms with van der Waals surface area (Å²) in [5.74, 6) is 0. The van der Waals surface area contributed by atoms with E-state index < -0.39 is 0 Å². The number of aromatic nitrogens is 2. The summed E-state index contributed by atoms with van der Waals surface area (Å²) in [4.78, 5) is 0. The first-order valence-corrected chi connectivity index (χ1v) is 12.4. The van der Waals surface area contributed by atoms with Crippen molar-refractivity contribution in [1.82, 2.24) is 9.13 Å². The average molecular weight is 459 g/mol. The molecular weight excluding hydrogens is 436 g/mol. The maximum absolute atomic E-state index is 2.44. The molecule has 0 aliphatic rings. The lowest BCUT2D eigenvalue weighted by atomic mass is 10.0. The van der Waals surface area contributed by atoms with E-state index in [0.717, 1.165) is 0 Å². The normalized spacial score (nSPS) is 11.9. The molecule has 2 aromatic heterocycles. The molecule has 0 fully saturated rings. The standard InChI is InChI=1S/C34H22N2/c1-3-12-24(13-4-1)35-31-18-10-9-17-27(31)29-21-30-28-20-19-23-11-7-8-16-26(23)34(28)36(33(30)22-32(29)35)25-14-5-2-6-15-25/h1-22H. The van der Waals surface area contributed by atoms with Gasteiger partial charge in [-0.3, -0.25) is 0 Å². The molecule has 8 rings (SSSR count). The van der Waals surface area contributed by atoms with E-state index in [0.29, 0.717) is 0 Å². The summed E-state index contributed by atoms with van der Waals surface area (Å²) in [6.45, 7) is 0. The molecule has 0 aliphatic carbocycles. The van der Waals surface area contributed by atoms with Crippen LogP contribution in [0.15, 0.2) is 133 Å². The Balaban J connectivity index is 1.63. The van der Waals surface area contributed by atoms with Gasteiger partial charge in [-0.2, -0.15) is 0 Å². The van der Waals surface area contributed by atoms with Gasteiger partial charge in [-0.1, -0.05) is 91.0 Å². The molecule has 0 unspecified atom stereocenters. The molecule has 0 saturated heterocycles. The van der Waals surface area contributed by atoms with E-state index in [1.54, 1.807) is 0 Å². The number of para-hydroxylation sites is 3. The van der Waals surface area contributed by atoms with Gasteiger partial charge in [0.05, 0.1) is 22.1 Å². The molecule has 0 radical (unpaired) electrons. The second-order valence-corrected chi connectivity index (χ2v) is 9.43. The fraction of sp³-hybridized carbons (Fsp3) is 0. The minimum absolute atomic E-state index is 1.18. The van der Waals surface area contributed by atoms with Gasteiger partial charge in [0, 0.05) is 38.3 Å². The Morgan fingerprint density at radius 3 is 1.69 bits per heavy atom. The minimum Gasteiger partial charge on any atom is -0.309 e. The molecule has 0 amide bonds. The fourth-order valence-electron chi connectivity index (χ4n) is 5.94. The Hall–Kier alpha value is -4.82. The van der Waals surface area contributed by atoms with Crippen molar-refractivity contribution >= 4 is 54.4 Å². The van der Waals surface area contributed by atoms with Crippen LogP contribution in [0.5, 0.6) is 0 Å². The first-order chi connectivity index (χ1) is 17.9. The highest BCUT2D eigenvalue weighted by atomic mass is 15.0. The van der Waals surface area contributed by atoms with Crippen molar-refractivity contribution in [3.05, 3.63) is 133 Å². The van der Waals surface area contributed by atoms with E-state index in [9.17, 15) is 0 Å². The predicted octanol–water partition coefficient (Wildman–Crippen LogP) is 9.03. The maximum Gasteiger partial charge on any atom is 0.0619 e. The molecule has 0 saturated carbocycles. The SMILES string of the molecule is c1ccc(-n2c3ccccc3c3cc4c5ccc6ccccc6c5n(-c5ccccc5)c4cc32)cc1. The van der Waals surface area contributed by atoms with Crippen molar-refractivity contribution in [1.29, 1.82) is 0 Å². The number of rotatable bonds is 2. The third-order valence-corrected chi connectivity index (χ3v) is 7.47. The highest BCUT2D eigenvalue weighted by molar-refractivity contribution is 6.23. The van der Waals surface area contributed by atoms with Gasteiger partial charge in [0.15, 0.2) is 0 Å². The molecule has 0 N–H and O–H groups in total. The molecule has 2 heterocycles. The van der Waals surface area contributed by atoms with Crippen molar-refractivity contribution in [3.8, 4) is 11.4 Å². The maximum atomic E-state index is 2.44. The van der Waals surface area contributed by atoms with Crippen LogP contribution >= 0.6 is 0 Å². The first-order valence-electron chi connectivity index (χ1n) is 12.4. The summed E-state index contributed by atoms with van der Waals surface area (Å²) < 4.78 is 4.84. The van der Waals surface area contributed by atoms with Crippen LogP contribution in [0.25, 0.3) is 65.8 Å². The van der Waals surface area contributed by atoms with Crippen molar-refractivity contribution in [2.45, 2.75) is 0 Å². The van der Waals surface area contributed by atoms with Crippen molar-refractivity contribution in [2.24, 2.45) is 0 Å². The summed E-state index contributed by atoms with van der Waals surface area (Å²) in [6, 6.07) is 48.2. The van der Waals surface area contributed by atoms with Gasteiger partial charge in [-0.15, -0.1) is 0 Å². The highest BCUT2D eigenvalue weighted by Gasteiger charge is 2.19. The molecule has 8 aromatic rings. The average Bonchev–Trinajstić information content (AvgIpc) is 3.45. The largest absolute Gasteiger partial charge is 0.309 e.